The molecule has 0 fully saturated rings. The number of nitrogens with one attached hydrogen (secondary N) is 2. The summed E-state index contributed by atoms with van der Waals surface area (Å²) in [4.78, 5) is 9.14. The van der Waals surface area contributed by atoms with Crippen LogP contribution in [0, 0.1) is 0 Å². The topological polar surface area (TPSA) is 49.8 Å². The van der Waals surface area contributed by atoms with Gasteiger partial charge in [-0.2, -0.15) is 0 Å². The van der Waals surface area contributed by atoms with Gasteiger partial charge in [0.25, 0.3) is 0 Å². The largest absolute Gasteiger partial charge is 0.373 e. The molecule has 1 aromatic carbocycles. The third-order valence-corrected chi connectivity index (χ3v) is 3.57. The summed E-state index contributed by atoms with van der Waals surface area (Å²) in [5.74, 6) is 2.49. The summed E-state index contributed by atoms with van der Waals surface area (Å²) in [6.45, 7) is 7.07. The van der Waals surface area contributed by atoms with Gasteiger partial charge in [-0.3, -0.25) is 0 Å². The molecule has 1 aromatic heterocycles. The van der Waals surface area contributed by atoms with Crippen molar-refractivity contribution in [1.29, 1.82) is 0 Å². The second kappa shape index (κ2) is 6.43. The van der Waals surface area contributed by atoms with Gasteiger partial charge in [-0.05, 0) is 17.7 Å². The van der Waals surface area contributed by atoms with Crippen molar-refractivity contribution in [3.63, 3.8) is 0 Å². The Labute approximate surface area is 134 Å². The number of hydrogen-bond acceptors (Lipinski definition) is 4. The molecule has 0 bridgehead atoms. The Hall–Kier alpha value is -1.62. The van der Waals surface area contributed by atoms with Gasteiger partial charge in [0, 0.05) is 29.5 Å². The minimum atomic E-state index is -0.0824. The van der Waals surface area contributed by atoms with E-state index in [-0.39, 0.29) is 5.41 Å². The van der Waals surface area contributed by atoms with Crippen LogP contribution in [0.25, 0.3) is 0 Å². The van der Waals surface area contributed by atoms with Crippen molar-refractivity contribution in [2.24, 2.45) is 0 Å². The van der Waals surface area contributed by atoms with Crippen LogP contribution in [0.4, 0.5) is 11.6 Å². The van der Waals surface area contributed by atoms with E-state index in [4.69, 9.17) is 0 Å². The summed E-state index contributed by atoms with van der Waals surface area (Å²) < 4.78 is 1.08. The summed E-state index contributed by atoms with van der Waals surface area (Å²) in [5.41, 5.74) is 1.13. The summed E-state index contributed by atoms with van der Waals surface area (Å²) >= 11 is 3.44. The Kier molecular flexibility index (Phi) is 4.83. The van der Waals surface area contributed by atoms with Crippen molar-refractivity contribution >= 4 is 27.6 Å². The molecule has 5 heteroatoms. The Morgan fingerprint density at radius 2 is 1.67 bits per heavy atom. The van der Waals surface area contributed by atoms with Crippen LogP contribution in [-0.2, 0) is 12.0 Å². The van der Waals surface area contributed by atoms with Crippen LogP contribution in [0.2, 0.25) is 0 Å². The van der Waals surface area contributed by atoms with Gasteiger partial charge in [0.2, 0.25) is 0 Å². The van der Waals surface area contributed by atoms with Crippen molar-refractivity contribution in [2.45, 2.75) is 32.7 Å². The zero-order chi connectivity index (χ0) is 15.5. The minimum absolute atomic E-state index is 0.0824. The summed E-state index contributed by atoms with van der Waals surface area (Å²) in [5, 5.41) is 6.45. The Morgan fingerprint density at radius 3 is 2.24 bits per heavy atom. The highest BCUT2D eigenvalue weighted by molar-refractivity contribution is 9.10. The third-order valence-electron chi connectivity index (χ3n) is 3.04. The van der Waals surface area contributed by atoms with Gasteiger partial charge in [0.05, 0.1) is 0 Å². The normalized spacial score (nSPS) is 11.3. The molecule has 1 heterocycles. The molecule has 0 saturated heterocycles. The molecule has 4 nitrogen and oxygen atoms in total. The zero-order valence-electron chi connectivity index (χ0n) is 12.9. The van der Waals surface area contributed by atoms with Crippen LogP contribution in [-0.4, -0.2) is 17.0 Å². The average molecular weight is 349 g/mol. The molecular formula is C16H21BrN4. The average Bonchev–Trinajstić information content (AvgIpc) is 2.45. The molecule has 0 aliphatic heterocycles. The number of nitrogens with zero attached hydrogens (tertiary/aromatic N) is 2. The van der Waals surface area contributed by atoms with Crippen molar-refractivity contribution in [2.75, 3.05) is 17.7 Å². The zero-order valence-corrected chi connectivity index (χ0v) is 14.5. The smallest absolute Gasteiger partial charge is 0.138 e. The molecule has 2 aromatic rings. The van der Waals surface area contributed by atoms with Crippen LogP contribution < -0.4 is 10.6 Å². The van der Waals surface area contributed by atoms with E-state index in [0.29, 0.717) is 0 Å². The molecule has 0 aliphatic rings. The molecule has 0 atom stereocenters. The number of rotatable bonds is 4. The van der Waals surface area contributed by atoms with Crippen molar-refractivity contribution in [3.05, 3.63) is 46.2 Å². The van der Waals surface area contributed by atoms with E-state index in [1.165, 1.54) is 5.56 Å². The molecule has 0 spiro atoms. The summed E-state index contributed by atoms with van der Waals surface area (Å²) in [6.07, 6.45) is 0. The lowest BCUT2D eigenvalue weighted by molar-refractivity contribution is 0.546. The highest BCUT2D eigenvalue weighted by Gasteiger charge is 2.18. The van der Waals surface area contributed by atoms with E-state index in [2.05, 4.69) is 69.4 Å². The molecule has 0 aliphatic carbocycles. The lowest BCUT2D eigenvalue weighted by Crippen LogP contribution is -2.18. The van der Waals surface area contributed by atoms with Gasteiger partial charge < -0.3 is 10.6 Å². The van der Waals surface area contributed by atoms with Crippen LogP contribution in [0.5, 0.6) is 0 Å². The fourth-order valence-electron chi connectivity index (χ4n) is 1.80. The first-order valence-corrected chi connectivity index (χ1v) is 7.73. The Bertz CT molecular complexity index is 603. The van der Waals surface area contributed by atoms with Crippen LogP contribution in [0.15, 0.2) is 34.8 Å². The van der Waals surface area contributed by atoms with Crippen LogP contribution in [0.1, 0.15) is 32.2 Å². The molecule has 0 saturated carbocycles. The van der Waals surface area contributed by atoms with E-state index in [1.807, 2.05) is 25.2 Å². The maximum absolute atomic E-state index is 4.61. The standard InChI is InChI=1S/C16H21BrN4/c1-16(2,3)15-20-13(18-4)9-14(21-15)19-10-11-5-7-12(17)8-6-11/h5-9H,10H2,1-4H3,(H2,18,19,20,21). The molecule has 0 unspecified atom stereocenters. The fraction of sp³-hybridized carbons (Fsp3) is 0.375. The summed E-state index contributed by atoms with van der Waals surface area (Å²) in [6, 6.07) is 10.2. The van der Waals surface area contributed by atoms with Crippen LogP contribution >= 0.6 is 15.9 Å². The van der Waals surface area contributed by atoms with Gasteiger partial charge in [0.1, 0.15) is 17.5 Å². The first-order chi connectivity index (χ1) is 9.88. The van der Waals surface area contributed by atoms with E-state index in [0.717, 1.165) is 28.5 Å². The van der Waals surface area contributed by atoms with E-state index in [1.54, 1.807) is 0 Å². The monoisotopic (exact) mass is 348 g/mol. The number of benzene rings is 1. The highest BCUT2D eigenvalue weighted by atomic mass is 79.9. The van der Waals surface area contributed by atoms with Gasteiger partial charge in [-0.1, -0.05) is 48.8 Å². The predicted molar refractivity (Wildman–Crippen MR) is 91.7 cm³/mol. The number of anilines is 2. The molecule has 0 amide bonds. The van der Waals surface area contributed by atoms with Gasteiger partial charge >= 0.3 is 0 Å². The molecule has 21 heavy (non-hydrogen) atoms. The number of aromatic nitrogens is 2. The fourth-order valence-corrected chi connectivity index (χ4v) is 2.06. The van der Waals surface area contributed by atoms with Gasteiger partial charge in [-0.25, -0.2) is 9.97 Å². The maximum Gasteiger partial charge on any atom is 0.138 e. The summed E-state index contributed by atoms with van der Waals surface area (Å²) in [7, 11) is 1.87. The van der Waals surface area contributed by atoms with Crippen LogP contribution in [0.3, 0.4) is 0 Å². The molecular weight excluding hydrogens is 328 g/mol. The number of hydrogen-bond donors (Lipinski definition) is 2. The molecule has 2 N–H and O–H groups in total. The first kappa shape index (κ1) is 15.8. The van der Waals surface area contributed by atoms with Crippen molar-refractivity contribution < 1.29 is 0 Å². The highest BCUT2D eigenvalue weighted by Crippen LogP contribution is 2.22. The van der Waals surface area contributed by atoms with Gasteiger partial charge in [-0.15, -0.1) is 0 Å². The van der Waals surface area contributed by atoms with Crippen molar-refractivity contribution in [3.8, 4) is 0 Å². The molecule has 0 radical (unpaired) electrons. The second-order valence-corrected chi connectivity index (χ2v) is 6.86. The Morgan fingerprint density at radius 1 is 1.05 bits per heavy atom. The third kappa shape index (κ3) is 4.43. The van der Waals surface area contributed by atoms with E-state index >= 15 is 0 Å². The van der Waals surface area contributed by atoms with Gasteiger partial charge in [0.15, 0.2) is 0 Å². The second-order valence-electron chi connectivity index (χ2n) is 5.94. The lowest BCUT2D eigenvalue weighted by Gasteiger charge is -2.19. The molecule has 2 rings (SSSR count). The molecule has 112 valence electrons. The van der Waals surface area contributed by atoms with E-state index < -0.39 is 0 Å². The SMILES string of the molecule is CNc1cc(NCc2ccc(Br)cc2)nc(C(C)(C)C)n1. The minimum Gasteiger partial charge on any atom is -0.373 e. The first-order valence-electron chi connectivity index (χ1n) is 6.94. The van der Waals surface area contributed by atoms with E-state index in [9.17, 15) is 0 Å². The quantitative estimate of drug-likeness (QED) is 0.869. The maximum atomic E-state index is 4.61. The predicted octanol–water partition coefficient (Wildman–Crippen LogP) is 4.19. The van der Waals surface area contributed by atoms with Crippen molar-refractivity contribution in [1.82, 2.24) is 9.97 Å². The Balaban J connectivity index is 2.17. The number of halogens is 1. The lowest BCUT2D eigenvalue weighted by atomic mass is 9.96.